The molecule has 2 N–H and O–H groups in total. The first-order chi connectivity index (χ1) is 10.7. The van der Waals surface area contributed by atoms with Crippen molar-refractivity contribution >= 4 is 5.91 Å². The molecule has 1 fully saturated rings. The van der Waals surface area contributed by atoms with Crippen molar-refractivity contribution < 1.29 is 4.79 Å². The third kappa shape index (κ3) is 2.87. The van der Waals surface area contributed by atoms with Gasteiger partial charge in [0.25, 0.3) is 5.91 Å². The molecule has 2 atom stereocenters. The number of carbonyl (C=O) groups excluding carboxylic acids is 1. The quantitative estimate of drug-likeness (QED) is 0.934. The molecule has 0 aliphatic carbocycles. The first-order valence-electron chi connectivity index (χ1n) is 7.68. The Bertz CT molecular complexity index is 620. The van der Waals surface area contributed by atoms with Gasteiger partial charge in [-0.15, -0.1) is 0 Å². The van der Waals surface area contributed by atoms with Gasteiger partial charge in [-0.3, -0.25) is 4.79 Å². The van der Waals surface area contributed by atoms with Gasteiger partial charge in [0, 0.05) is 24.2 Å². The van der Waals surface area contributed by atoms with Gasteiger partial charge in [-0.25, -0.2) is 9.67 Å². The van der Waals surface area contributed by atoms with Crippen LogP contribution >= 0.6 is 0 Å². The van der Waals surface area contributed by atoms with E-state index < -0.39 is 0 Å². The van der Waals surface area contributed by atoms with Gasteiger partial charge in [0.1, 0.15) is 12.7 Å². The summed E-state index contributed by atoms with van der Waals surface area (Å²) in [6.45, 7) is 2.76. The molecule has 0 unspecified atom stereocenters. The van der Waals surface area contributed by atoms with Gasteiger partial charge < -0.3 is 10.6 Å². The average Bonchev–Trinajstić information content (AvgIpc) is 3.09. The standard InChI is InChI=1S/C16H21N5O/c1-12(17)15-4-2-3-9-20(15)16(22)13-5-7-14(8-6-13)21-11-18-10-19-21/h5-8,10-12,15H,2-4,9,17H2,1H3/t12-,15+/m1/s1. The maximum absolute atomic E-state index is 12.7. The van der Waals surface area contributed by atoms with Crippen LogP contribution in [0.4, 0.5) is 0 Å². The molecule has 0 spiro atoms. The van der Waals surface area contributed by atoms with E-state index in [2.05, 4.69) is 10.1 Å². The van der Waals surface area contributed by atoms with Crippen LogP contribution in [0.3, 0.4) is 0 Å². The fourth-order valence-electron chi connectivity index (χ4n) is 3.02. The van der Waals surface area contributed by atoms with E-state index in [-0.39, 0.29) is 18.0 Å². The molecule has 1 aliphatic rings. The molecule has 116 valence electrons. The summed E-state index contributed by atoms with van der Waals surface area (Å²) in [6.07, 6.45) is 6.29. The van der Waals surface area contributed by atoms with Gasteiger partial charge in [-0.05, 0) is 50.5 Å². The number of carbonyl (C=O) groups is 1. The van der Waals surface area contributed by atoms with Crippen LogP contribution in [0.15, 0.2) is 36.9 Å². The van der Waals surface area contributed by atoms with Crippen LogP contribution in [0.25, 0.3) is 5.69 Å². The molecule has 0 bridgehead atoms. The van der Waals surface area contributed by atoms with E-state index in [0.29, 0.717) is 5.56 Å². The van der Waals surface area contributed by atoms with Crippen LogP contribution in [0, 0.1) is 0 Å². The fourth-order valence-corrected chi connectivity index (χ4v) is 3.02. The maximum Gasteiger partial charge on any atom is 0.254 e. The largest absolute Gasteiger partial charge is 0.334 e. The summed E-state index contributed by atoms with van der Waals surface area (Å²) in [7, 11) is 0. The van der Waals surface area contributed by atoms with Crippen molar-refractivity contribution in [3.63, 3.8) is 0 Å². The predicted octanol–water partition coefficient (Wildman–Crippen LogP) is 1.61. The topological polar surface area (TPSA) is 77.0 Å². The molecule has 1 amide bonds. The van der Waals surface area contributed by atoms with E-state index in [1.807, 2.05) is 36.1 Å². The Morgan fingerprint density at radius 3 is 2.73 bits per heavy atom. The Balaban J connectivity index is 1.79. The van der Waals surface area contributed by atoms with Gasteiger partial charge >= 0.3 is 0 Å². The predicted molar refractivity (Wildman–Crippen MR) is 83.7 cm³/mol. The zero-order valence-electron chi connectivity index (χ0n) is 12.7. The SMILES string of the molecule is C[C@@H](N)[C@@H]1CCCCN1C(=O)c1ccc(-n2cncn2)cc1. The van der Waals surface area contributed by atoms with E-state index in [9.17, 15) is 4.79 Å². The van der Waals surface area contributed by atoms with Crippen molar-refractivity contribution in [1.82, 2.24) is 19.7 Å². The number of nitrogens with zero attached hydrogens (tertiary/aromatic N) is 4. The van der Waals surface area contributed by atoms with E-state index in [1.165, 1.54) is 6.33 Å². The molecule has 2 heterocycles. The zero-order valence-corrected chi connectivity index (χ0v) is 12.7. The minimum absolute atomic E-state index is 0.00123. The summed E-state index contributed by atoms with van der Waals surface area (Å²) in [5.74, 6) is 0.0622. The lowest BCUT2D eigenvalue weighted by Crippen LogP contribution is -2.51. The number of nitrogens with two attached hydrogens (primary N) is 1. The van der Waals surface area contributed by atoms with Crippen molar-refractivity contribution in [1.29, 1.82) is 0 Å². The minimum atomic E-state index is -0.00123. The number of benzene rings is 1. The summed E-state index contributed by atoms with van der Waals surface area (Å²) < 4.78 is 1.67. The van der Waals surface area contributed by atoms with Crippen molar-refractivity contribution in [2.45, 2.75) is 38.3 Å². The molecule has 22 heavy (non-hydrogen) atoms. The van der Waals surface area contributed by atoms with E-state index in [4.69, 9.17) is 5.73 Å². The second kappa shape index (κ2) is 6.27. The lowest BCUT2D eigenvalue weighted by molar-refractivity contribution is 0.0584. The highest BCUT2D eigenvalue weighted by atomic mass is 16.2. The van der Waals surface area contributed by atoms with Crippen molar-refractivity contribution in [2.24, 2.45) is 5.73 Å². The van der Waals surface area contributed by atoms with Gasteiger partial charge in [-0.2, -0.15) is 5.10 Å². The lowest BCUT2D eigenvalue weighted by atomic mass is 9.96. The summed E-state index contributed by atoms with van der Waals surface area (Å²) in [6, 6.07) is 7.58. The number of rotatable bonds is 3. The van der Waals surface area contributed by atoms with Crippen LogP contribution in [-0.4, -0.2) is 44.2 Å². The number of piperidine rings is 1. The summed E-state index contributed by atoms with van der Waals surface area (Å²) in [5.41, 5.74) is 7.63. The molecule has 1 aromatic heterocycles. The minimum Gasteiger partial charge on any atom is -0.334 e. The Kier molecular flexibility index (Phi) is 4.20. The Labute approximate surface area is 129 Å². The van der Waals surface area contributed by atoms with Crippen molar-refractivity contribution in [3.8, 4) is 5.69 Å². The van der Waals surface area contributed by atoms with Gasteiger partial charge in [0.2, 0.25) is 0 Å². The molecule has 1 aromatic carbocycles. The third-order valence-electron chi connectivity index (χ3n) is 4.21. The highest BCUT2D eigenvalue weighted by Gasteiger charge is 2.29. The number of hydrogen-bond acceptors (Lipinski definition) is 4. The third-order valence-corrected chi connectivity index (χ3v) is 4.21. The molecule has 0 saturated carbocycles. The zero-order chi connectivity index (χ0) is 15.5. The molecule has 6 nitrogen and oxygen atoms in total. The summed E-state index contributed by atoms with van der Waals surface area (Å²) >= 11 is 0. The van der Waals surface area contributed by atoms with E-state index in [0.717, 1.165) is 31.5 Å². The number of amides is 1. The second-order valence-corrected chi connectivity index (χ2v) is 5.81. The fraction of sp³-hybridized carbons (Fsp3) is 0.438. The van der Waals surface area contributed by atoms with Crippen molar-refractivity contribution in [2.75, 3.05) is 6.54 Å². The molecule has 2 aromatic rings. The average molecular weight is 299 g/mol. The monoisotopic (exact) mass is 299 g/mol. The van der Waals surface area contributed by atoms with E-state index in [1.54, 1.807) is 11.0 Å². The summed E-state index contributed by atoms with van der Waals surface area (Å²) in [5, 5.41) is 4.08. The molecule has 1 aliphatic heterocycles. The van der Waals surface area contributed by atoms with Gasteiger partial charge in [0.15, 0.2) is 0 Å². The maximum atomic E-state index is 12.7. The highest BCUT2D eigenvalue weighted by Crippen LogP contribution is 2.22. The van der Waals surface area contributed by atoms with Gasteiger partial charge in [-0.1, -0.05) is 0 Å². The summed E-state index contributed by atoms with van der Waals surface area (Å²) in [4.78, 5) is 18.6. The Morgan fingerprint density at radius 1 is 1.32 bits per heavy atom. The highest BCUT2D eigenvalue weighted by molar-refractivity contribution is 5.94. The number of likely N-dealkylation sites (tertiary alicyclic amines) is 1. The van der Waals surface area contributed by atoms with Crippen LogP contribution in [-0.2, 0) is 0 Å². The number of aromatic nitrogens is 3. The Hall–Kier alpha value is -2.21. The first-order valence-corrected chi connectivity index (χ1v) is 7.68. The van der Waals surface area contributed by atoms with Crippen molar-refractivity contribution in [3.05, 3.63) is 42.5 Å². The molecule has 6 heteroatoms. The Morgan fingerprint density at radius 2 is 2.09 bits per heavy atom. The smallest absolute Gasteiger partial charge is 0.254 e. The molecule has 3 rings (SSSR count). The molecular formula is C16H21N5O. The second-order valence-electron chi connectivity index (χ2n) is 5.81. The molecule has 1 saturated heterocycles. The normalized spacial score (nSPS) is 19.9. The molecular weight excluding hydrogens is 278 g/mol. The van der Waals surface area contributed by atoms with Crippen LogP contribution < -0.4 is 5.73 Å². The first kappa shape index (κ1) is 14.7. The van der Waals surface area contributed by atoms with Crippen LogP contribution in [0.2, 0.25) is 0 Å². The molecule has 0 radical (unpaired) electrons. The van der Waals surface area contributed by atoms with E-state index >= 15 is 0 Å². The van der Waals surface area contributed by atoms with Crippen LogP contribution in [0.1, 0.15) is 36.5 Å². The number of hydrogen-bond donors (Lipinski definition) is 1. The lowest BCUT2D eigenvalue weighted by Gasteiger charge is -2.38. The van der Waals surface area contributed by atoms with Gasteiger partial charge in [0.05, 0.1) is 5.69 Å². The van der Waals surface area contributed by atoms with Crippen LogP contribution in [0.5, 0.6) is 0 Å².